The molecule has 1 heterocycles. The molecule has 0 fully saturated rings. The molecule has 9 heteroatoms. The third kappa shape index (κ3) is 5.43. The highest BCUT2D eigenvalue weighted by atomic mass is 32.2. The monoisotopic (exact) mass is 440 g/mol. The summed E-state index contributed by atoms with van der Waals surface area (Å²) in [6.45, 7) is 5.13. The Bertz CT molecular complexity index is 1070. The van der Waals surface area contributed by atoms with Crippen molar-refractivity contribution in [3.05, 3.63) is 54.1 Å². The lowest BCUT2D eigenvalue weighted by atomic mass is 10.2. The van der Waals surface area contributed by atoms with Crippen LogP contribution in [0.5, 0.6) is 5.75 Å². The zero-order valence-corrected chi connectivity index (χ0v) is 18.4. The highest BCUT2D eigenvalue weighted by Crippen LogP contribution is 2.31. The molecule has 0 aliphatic carbocycles. The Morgan fingerprint density at radius 3 is 2.65 bits per heavy atom. The van der Waals surface area contributed by atoms with Gasteiger partial charge in [0.2, 0.25) is 5.91 Å². The number of hydrogen-bond acceptors (Lipinski definition) is 7. The van der Waals surface area contributed by atoms with Crippen LogP contribution in [0.1, 0.15) is 24.2 Å². The molecule has 0 aliphatic heterocycles. The normalized spacial score (nSPS) is 10.5. The fourth-order valence-corrected chi connectivity index (χ4v) is 3.78. The molecule has 162 valence electrons. The largest absolute Gasteiger partial charge is 0.493 e. The fraction of sp³-hybridized carbons (Fsp3) is 0.273. The van der Waals surface area contributed by atoms with Crippen molar-refractivity contribution in [3.63, 3.8) is 0 Å². The Balaban J connectivity index is 1.70. The molecular formula is C22H24N4O4S. The van der Waals surface area contributed by atoms with E-state index in [1.54, 1.807) is 24.3 Å². The molecule has 0 radical (unpaired) electrons. The minimum atomic E-state index is -0.457. The standard InChI is InChI=1S/C22H24N4O4S/c1-4-26-20(17-11-6-7-12-18(17)30-5-2)24-25-22(26)31-14-19(27)23-16-10-8-9-15(13-16)21(28)29-3/h6-13H,4-5,14H2,1-3H3,(H,23,27). The highest BCUT2D eigenvalue weighted by Gasteiger charge is 2.17. The van der Waals surface area contributed by atoms with Gasteiger partial charge in [-0.3, -0.25) is 4.79 Å². The first-order valence-corrected chi connectivity index (χ1v) is 10.8. The predicted octanol–water partition coefficient (Wildman–Crippen LogP) is 3.88. The number of para-hydroxylation sites is 1. The number of aromatic nitrogens is 3. The molecule has 1 amide bonds. The lowest BCUT2D eigenvalue weighted by Crippen LogP contribution is -2.15. The highest BCUT2D eigenvalue weighted by molar-refractivity contribution is 7.99. The first-order chi connectivity index (χ1) is 15.1. The van der Waals surface area contributed by atoms with Crippen LogP contribution in [-0.2, 0) is 16.1 Å². The Kier molecular flexibility index (Phi) is 7.66. The van der Waals surface area contributed by atoms with Crippen molar-refractivity contribution >= 4 is 29.3 Å². The summed E-state index contributed by atoms with van der Waals surface area (Å²) < 4.78 is 12.4. The number of anilines is 1. The molecule has 3 aromatic rings. The minimum Gasteiger partial charge on any atom is -0.493 e. The number of ether oxygens (including phenoxy) is 2. The summed E-state index contributed by atoms with van der Waals surface area (Å²) in [6.07, 6.45) is 0. The average molecular weight is 441 g/mol. The third-order valence-corrected chi connectivity index (χ3v) is 5.33. The molecule has 0 atom stereocenters. The summed E-state index contributed by atoms with van der Waals surface area (Å²) in [5.74, 6) is 0.913. The second-order valence-corrected chi connectivity index (χ2v) is 7.33. The van der Waals surface area contributed by atoms with Crippen molar-refractivity contribution in [1.82, 2.24) is 14.8 Å². The van der Waals surface area contributed by atoms with Gasteiger partial charge in [0.1, 0.15) is 5.75 Å². The van der Waals surface area contributed by atoms with Crippen molar-refractivity contribution < 1.29 is 19.1 Å². The minimum absolute atomic E-state index is 0.147. The molecule has 3 rings (SSSR count). The predicted molar refractivity (Wildman–Crippen MR) is 119 cm³/mol. The SMILES string of the molecule is CCOc1ccccc1-c1nnc(SCC(=O)Nc2cccc(C(=O)OC)c2)n1CC. The average Bonchev–Trinajstić information content (AvgIpc) is 3.20. The topological polar surface area (TPSA) is 95.3 Å². The molecule has 2 aromatic carbocycles. The summed E-state index contributed by atoms with van der Waals surface area (Å²) in [5, 5.41) is 12.0. The van der Waals surface area contributed by atoms with Gasteiger partial charge in [0.25, 0.3) is 0 Å². The summed E-state index contributed by atoms with van der Waals surface area (Å²) in [6, 6.07) is 14.3. The zero-order valence-electron chi connectivity index (χ0n) is 17.6. The van der Waals surface area contributed by atoms with Gasteiger partial charge in [-0.2, -0.15) is 0 Å². The second kappa shape index (κ2) is 10.6. The number of thioether (sulfide) groups is 1. The van der Waals surface area contributed by atoms with Crippen LogP contribution in [0.2, 0.25) is 0 Å². The molecule has 0 saturated heterocycles. The van der Waals surface area contributed by atoms with E-state index in [-0.39, 0.29) is 11.7 Å². The maximum atomic E-state index is 12.4. The van der Waals surface area contributed by atoms with Gasteiger partial charge in [-0.05, 0) is 44.2 Å². The van der Waals surface area contributed by atoms with E-state index >= 15 is 0 Å². The Hall–Kier alpha value is -3.33. The molecule has 0 saturated carbocycles. The number of rotatable bonds is 9. The fourth-order valence-electron chi connectivity index (χ4n) is 2.98. The lowest BCUT2D eigenvalue weighted by molar-refractivity contribution is -0.113. The molecule has 0 aliphatic rings. The number of nitrogens with zero attached hydrogens (tertiary/aromatic N) is 3. The number of benzene rings is 2. The van der Waals surface area contributed by atoms with E-state index in [2.05, 4.69) is 15.5 Å². The van der Waals surface area contributed by atoms with Gasteiger partial charge in [0.15, 0.2) is 11.0 Å². The Labute approximate surface area is 185 Å². The molecule has 0 bridgehead atoms. The van der Waals surface area contributed by atoms with Crippen LogP contribution >= 0.6 is 11.8 Å². The van der Waals surface area contributed by atoms with Crippen molar-refractivity contribution in [2.45, 2.75) is 25.5 Å². The molecule has 31 heavy (non-hydrogen) atoms. The van der Waals surface area contributed by atoms with Crippen molar-refractivity contribution in [1.29, 1.82) is 0 Å². The van der Waals surface area contributed by atoms with Gasteiger partial charge in [-0.1, -0.05) is 30.0 Å². The van der Waals surface area contributed by atoms with Crippen LogP contribution in [0.15, 0.2) is 53.7 Å². The van der Waals surface area contributed by atoms with E-state index in [9.17, 15) is 9.59 Å². The van der Waals surface area contributed by atoms with Crippen LogP contribution in [0.4, 0.5) is 5.69 Å². The van der Waals surface area contributed by atoms with Crippen LogP contribution < -0.4 is 10.1 Å². The summed E-state index contributed by atoms with van der Waals surface area (Å²) in [7, 11) is 1.31. The van der Waals surface area contributed by atoms with Crippen LogP contribution in [-0.4, -0.2) is 46.1 Å². The second-order valence-electron chi connectivity index (χ2n) is 6.39. The maximum absolute atomic E-state index is 12.4. The van der Waals surface area contributed by atoms with Crippen molar-refractivity contribution in [2.75, 3.05) is 24.8 Å². The molecular weight excluding hydrogens is 416 g/mol. The number of hydrogen-bond donors (Lipinski definition) is 1. The molecule has 0 spiro atoms. The van der Waals surface area contributed by atoms with Gasteiger partial charge in [0, 0.05) is 12.2 Å². The number of amides is 1. The summed E-state index contributed by atoms with van der Waals surface area (Å²) in [5.41, 5.74) is 1.75. The molecule has 0 unspecified atom stereocenters. The quantitative estimate of drug-likeness (QED) is 0.398. The van der Waals surface area contributed by atoms with E-state index in [0.717, 1.165) is 11.3 Å². The van der Waals surface area contributed by atoms with Gasteiger partial charge in [0.05, 0.1) is 30.6 Å². The third-order valence-electron chi connectivity index (χ3n) is 4.36. The number of methoxy groups -OCH3 is 1. The van der Waals surface area contributed by atoms with Gasteiger partial charge < -0.3 is 19.4 Å². The van der Waals surface area contributed by atoms with E-state index in [1.807, 2.05) is 42.7 Å². The van der Waals surface area contributed by atoms with E-state index < -0.39 is 5.97 Å². The van der Waals surface area contributed by atoms with Gasteiger partial charge in [-0.15, -0.1) is 10.2 Å². The molecule has 8 nitrogen and oxygen atoms in total. The number of carbonyl (C=O) groups excluding carboxylic acids is 2. The van der Waals surface area contributed by atoms with Crippen LogP contribution in [0.3, 0.4) is 0 Å². The number of esters is 1. The van der Waals surface area contributed by atoms with E-state index in [1.165, 1.54) is 18.9 Å². The molecule has 1 aromatic heterocycles. The van der Waals surface area contributed by atoms with Crippen molar-refractivity contribution in [2.24, 2.45) is 0 Å². The van der Waals surface area contributed by atoms with Crippen molar-refractivity contribution in [3.8, 4) is 17.1 Å². The first-order valence-electron chi connectivity index (χ1n) is 9.83. The first kappa shape index (κ1) is 22.4. The maximum Gasteiger partial charge on any atom is 0.337 e. The van der Waals surface area contributed by atoms with E-state index in [4.69, 9.17) is 9.47 Å². The Morgan fingerprint density at radius 2 is 1.90 bits per heavy atom. The molecule has 1 N–H and O–H groups in total. The van der Waals surface area contributed by atoms with Crippen LogP contribution in [0.25, 0.3) is 11.4 Å². The van der Waals surface area contributed by atoms with Crippen LogP contribution in [0, 0.1) is 0 Å². The summed E-state index contributed by atoms with van der Waals surface area (Å²) >= 11 is 1.29. The van der Waals surface area contributed by atoms with Gasteiger partial charge in [-0.25, -0.2) is 4.79 Å². The van der Waals surface area contributed by atoms with Gasteiger partial charge >= 0.3 is 5.97 Å². The van der Waals surface area contributed by atoms with E-state index in [0.29, 0.717) is 35.4 Å². The number of nitrogens with one attached hydrogen (secondary N) is 1. The summed E-state index contributed by atoms with van der Waals surface area (Å²) in [4.78, 5) is 24.1. The lowest BCUT2D eigenvalue weighted by Gasteiger charge is -2.11. The zero-order chi connectivity index (χ0) is 22.2. The smallest absolute Gasteiger partial charge is 0.337 e. The Morgan fingerprint density at radius 1 is 1.10 bits per heavy atom. The number of carbonyl (C=O) groups is 2.